The lowest BCUT2D eigenvalue weighted by Crippen LogP contribution is -2.44. The highest BCUT2D eigenvalue weighted by molar-refractivity contribution is 6.30. The van der Waals surface area contributed by atoms with Crippen LogP contribution in [0.15, 0.2) is 24.3 Å². The molecule has 1 aliphatic heterocycles. The van der Waals surface area contributed by atoms with Crippen molar-refractivity contribution < 1.29 is 4.79 Å². The van der Waals surface area contributed by atoms with Crippen molar-refractivity contribution in [1.29, 1.82) is 0 Å². The van der Waals surface area contributed by atoms with E-state index < -0.39 is 0 Å². The summed E-state index contributed by atoms with van der Waals surface area (Å²) in [7, 11) is 0. The van der Waals surface area contributed by atoms with Gasteiger partial charge in [0.15, 0.2) is 0 Å². The Bertz CT molecular complexity index is 421. The van der Waals surface area contributed by atoms with Gasteiger partial charge in [0, 0.05) is 17.6 Å². The summed E-state index contributed by atoms with van der Waals surface area (Å²) in [4.78, 5) is 13.5. The largest absolute Gasteiger partial charge is 0.368 e. The highest BCUT2D eigenvalue weighted by Gasteiger charge is 2.34. The minimum atomic E-state index is -0.264. The van der Waals surface area contributed by atoms with Gasteiger partial charge in [-0.05, 0) is 37.1 Å². The third-order valence-corrected chi connectivity index (χ3v) is 3.75. The van der Waals surface area contributed by atoms with Gasteiger partial charge in [0.25, 0.3) is 0 Å². The maximum Gasteiger partial charge on any atom is 0.234 e. The lowest BCUT2D eigenvalue weighted by molar-refractivity contribution is -0.122. The molecule has 0 radical (unpaired) electrons. The van der Waals surface area contributed by atoms with Crippen molar-refractivity contribution in [2.45, 2.75) is 24.9 Å². The van der Waals surface area contributed by atoms with Gasteiger partial charge >= 0.3 is 0 Å². The summed E-state index contributed by atoms with van der Waals surface area (Å²) in [5, 5.41) is 0.697. The minimum absolute atomic E-state index is 0.0299. The molecule has 1 fully saturated rings. The van der Waals surface area contributed by atoms with Crippen molar-refractivity contribution in [2.75, 3.05) is 13.1 Å². The predicted octanol–water partition coefficient (Wildman–Crippen LogP) is 1.29. The van der Waals surface area contributed by atoms with Crippen molar-refractivity contribution in [3.8, 4) is 0 Å². The summed E-state index contributed by atoms with van der Waals surface area (Å²) in [5.41, 5.74) is 12.4. The van der Waals surface area contributed by atoms with Gasteiger partial charge in [0.05, 0.1) is 6.04 Å². The minimum Gasteiger partial charge on any atom is -0.368 e. The number of hydrogen-bond acceptors (Lipinski definition) is 3. The van der Waals surface area contributed by atoms with Crippen LogP contribution in [0.2, 0.25) is 5.02 Å². The number of amides is 1. The quantitative estimate of drug-likeness (QED) is 0.863. The highest BCUT2D eigenvalue weighted by atomic mass is 35.5. The molecule has 98 valence electrons. The summed E-state index contributed by atoms with van der Waals surface area (Å²) >= 11 is 5.88. The molecule has 0 saturated carbocycles. The summed E-state index contributed by atoms with van der Waals surface area (Å²) in [5.74, 6) is -0.264. The Kier molecular flexibility index (Phi) is 4.22. The topological polar surface area (TPSA) is 72.3 Å². The van der Waals surface area contributed by atoms with E-state index in [0.29, 0.717) is 11.6 Å². The Hall–Kier alpha value is -1.10. The van der Waals surface area contributed by atoms with Crippen LogP contribution in [0, 0.1) is 0 Å². The van der Waals surface area contributed by atoms with Crippen molar-refractivity contribution >= 4 is 17.5 Å². The fraction of sp³-hybridized carbons (Fsp3) is 0.462. The summed E-state index contributed by atoms with van der Waals surface area (Å²) in [6, 6.07) is 7.42. The number of carbonyl (C=O) groups excluding carboxylic acids is 1. The molecule has 2 rings (SSSR count). The van der Waals surface area contributed by atoms with Crippen LogP contribution in [0.1, 0.15) is 24.4 Å². The molecule has 5 heteroatoms. The van der Waals surface area contributed by atoms with E-state index in [0.717, 1.165) is 24.9 Å². The Labute approximate surface area is 112 Å². The molecular formula is C13H18ClN3O. The number of carbonyl (C=O) groups is 1. The summed E-state index contributed by atoms with van der Waals surface area (Å²) in [6.45, 7) is 1.32. The lowest BCUT2D eigenvalue weighted by Gasteiger charge is -2.31. The van der Waals surface area contributed by atoms with Gasteiger partial charge < -0.3 is 11.5 Å². The van der Waals surface area contributed by atoms with Gasteiger partial charge in [-0.3, -0.25) is 9.69 Å². The SMILES string of the molecule is NCC(c1ccc(Cl)cc1)N1CCCC1C(N)=O. The number of primary amides is 1. The standard InChI is InChI=1S/C13H18ClN3O/c14-10-5-3-9(4-6-10)12(8-15)17-7-1-2-11(17)13(16)18/h3-6,11-12H,1-2,7-8,15H2,(H2,16,18). The Morgan fingerprint density at radius 2 is 2.11 bits per heavy atom. The fourth-order valence-electron chi connectivity index (χ4n) is 2.62. The van der Waals surface area contributed by atoms with E-state index in [4.69, 9.17) is 23.1 Å². The zero-order valence-corrected chi connectivity index (χ0v) is 10.9. The molecule has 1 aromatic rings. The van der Waals surface area contributed by atoms with Gasteiger partial charge in [0.1, 0.15) is 0 Å². The van der Waals surface area contributed by atoms with Crippen LogP contribution < -0.4 is 11.5 Å². The lowest BCUT2D eigenvalue weighted by atomic mass is 10.0. The van der Waals surface area contributed by atoms with Crippen LogP contribution in [-0.4, -0.2) is 29.9 Å². The maximum atomic E-state index is 11.4. The molecular weight excluding hydrogens is 250 g/mol. The molecule has 0 aliphatic carbocycles. The summed E-state index contributed by atoms with van der Waals surface area (Å²) in [6.07, 6.45) is 1.80. The molecule has 2 atom stereocenters. The molecule has 2 unspecified atom stereocenters. The molecule has 0 aromatic heterocycles. The molecule has 1 aromatic carbocycles. The Morgan fingerprint density at radius 1 is 1.44 bits per heavy atom. The number of hydrogen-bond donors (Lipinski definition) is 2. The number of rotatable bonds is 4. The van der Waals surface area contributed by atoms with Gasteiger partial charge in [0.2, 0.25) is 5.91 Å². The van der Waals surface area contributed by atoms with E-state index in [1.54, 1.807) is 0 Å². The first-order chi connectivity index (χ1) is 8.63. The van der Waals surface area contributed by atoms with Crippen LogP contribution in [0.3, 0.4) is 0 Å². The number of halogens is 1. The van der Waals surface area contributed by atoms with Crippen LogP contribution in [0.25, 0.3) is 0 Å². The van der Waals surface area contributed by atoms with Crippen molar-refractivity contribution in [3.63, 3.8) is 0 Å². The highest BCUT2D eigenvalue weighted by Crippen LogP contribution is 2.29. The maximum absolute atomic E-state index is 11.4. The van der Waals surface area contributed by atoms with Gasteiger partial charge in [-0.15, -0.1) is 0 Å². The average molecular weight is 268 g/mol. The van der Waals surface area contributed by atoms with Crippen LogP contribution >= 0.6 is 11.6 Å². The van der Waals surface area contributed by atoms with Crippen molar-refractivity contribution in [1.82, 2.24) is 4.90 Å². The van der Waals surface area contributed by atoms with Gasteiger partial charge in [-0.25, -0.2) is 0 Å². The summed E-state index contributed by atoms with van der Waals surface area (Å²) < 4.78 is 0. The van der Waals surface area contributed by atoms with Crippen LogP contribution in [0.5, 0.6) is 0 Å². The predicted molar refractivity (Wildman–Crippen MR) is 72.2 cm³/mol. The molecule has 1 saturated heterocycles. The number of nitrogens with zero attached hydrogens (tertiary/aromatic N) is 1. The van der Waals surface area contributed by atoms with E-state index in [1.807, 2.05) is 24.3 Å². The van der Waals surface area contributed by atoms with E-state index in [1.165, 1.54) is 0 Å². The molecule has 18 heavy (non-hydrogen) atoms. The second-order valence-electron chi connectivity index (χ2n) is 4.60. The zero-order chi connectivity index (χ0) is 13.1. The van der Waals surface area contributed by atoms with Crippen LogP contribution in [-0.2, 0) is 4.79 Å². The second kappa shape index (κ2) is 5.69. The fourth-order valence-corrected chi connectivity index (χ4v) is 2.74. The molecule has 1 heterocycles. The normalized spacial score (nSPS) is 22.0. The Morgan fingerprint density at radius 3 is 2.67 bits per heavy atom. The van der Waals surface area contributed by atoms with E-state index in [-0.39, 0.29) is 18.0 Å². The first-order valence-electron chi connectivity index (χ1n) is 6.14. The van der Waals surface area contributed by atoms with Crippen molar-refractivity contribution in [2.24, 2.45) is 11.5 Å². The van der Waals surface area contributed by atoms with Gasteiger partial charge in [-0.2, -0.15) is 0 Å². The molecule has 4 N–H and O–H groups in total. The first kappa shape index (κ1) is 13.3. The van der Waals surface area contributed by atoms with E-state index in [9.17, 15) is 4.79 Å². The monoisotopic (exact) mass is 267 g/mol. The molecule has 1 aliphatic rings. The van der Waals surface area contributed by atoms with E-state index >= 15 is 0 Å². The molecule has 4 nitrogen and oxygen atoms in total. The zero-order valence-electron chi connectivity index (χ0n) is 10.2. The number of benzene rings is 1. The molecule has 0 bridgehead atoms. The van der Waals surface area contributed by atoms with E-state index in [2.05, 4.69) is 4.90 Å². The first-order valence-corrected chi connectivity index (χ1v) is 6.52. The van der Waals surface area contributed by atoms with Crippen molar-refractivity contribution in [3.05, 3.63) is 34.9 Å². The number of likely N-dealkylation sites (tertiary alicyclic amines) is 1. The van der Waals surface area contributed by atoms with Crippen LogP contribution in [0.4, 0.5) is 0 Å². The molecule has 1 amide bonds. The molecule has 0 spiro atoms. The second-order valence-corrected chi connectivity index (χ2v) is 5.04. The Balaban J connectivity index is 2.22. The average Bonchev–Trinajstić information content (AvgIpc) is 2.82. The van der Waals surface area contributed by atoms with Gasteiger partial charge in [-0.1, -0.05) is 23.7 Å². The number of nitrogens with two attached hydrogens (primary N) is 2. The smallest absolute Gasteiger partial charge is 0.234 e. The third kappa shape index (κ3) is 2.66. The third-order valence-electron chi connectivity index (χ3n) is 3.50.